The Balaban J connectivity index is 0.000000191. The van der Waals surface area contributed by atoms with Crippen LogP contribution in [0.15, 0.2) is 210 Å². The number of pyridine rings is 5. The highest BCUT2D eigenvalue weighted by atomic mass is 19.1. The monoisotopic (exact) mass is 989 g/mol. The van der Waals surface area contributed by atoms with Crippen molar-refractivity contribution < 1.29 is 18.3 Å². The Labute approximate surface area is 428 Å². The molecule has 10 rings (SSSR count). The Hall–Kier alpha value is -8.81. The number of rotatable bonds is 15. The number of anilines is 4. The van der Waals surface area contributed by atoms with Crippen LogP contribution in [0.2, 0.25) is 0 Å². The first kappa shape index (κ1) is 51.5. The molecule has 11 nitrogen and oxygen atoms in total. The van der Waals surface area contributed by atoms with E-state index in [-0.39, 0.29) is 32.8 Å². The van der Waals surface area contributed by atoms with Crippen molar-refractivity contribution in [2.24, 2.45) is 0 Å². The third-order valence-corrected chi connectivity index (χ3v) is 11.9. The van der Waals surface area contributed by atoms with E-state index in [1.165, 1.54) is 18.3 Å². The van der Waals surface area contributed by atoms with Crippen LogP contribution in [0.4, 0.5) is 31.8 Å². The third-order valence-electron chi connectivity index (χ3n) is 11.9. The third kappa shape index (κ3) is 11.9. The summed E-state index contributed by atoms with van der Waals surface area (Å²) < 4.78 is 46.6. The minimum atomic E-state index is -0.724. The number of nitrogens with zero attached hydrogens (tertiary/aromatic N) is 5. The molecule has 2 unspecified atom stereocenters. The molecule has 5 heterocycles. The number of ether oxygens (including phenoxy) is 2. The van der Waals surface area contributed by atoms with Crippen LogP contribution in [-0.4, -0.2) is 24.1 Å². The van der Waals surface area contributed by atoms with Gasteiger partial charge in [0.1, 0.15) is 29.4 Å². The number of hydrogen-bond donors (Lipinski definition) is 2. The molecular weight excluding hydrogens is 933 g/mol. The predicted molar refractivity (Wildman–Crippen MR) is 293 cm³/mol. The Morgan fingerprint density at radius 1 is 0.608 bits per heavy atom. The number of para-hydroxylation sites is 3. The van der Waals surface area contributed by atoms with Gasteiger partial charge in [-0.15, -0.1) is 0 Å². The topological polar surface area (TPSA) is 125 Å². The summed E-state index contributed by atoms with van der Waals surface area (Å²) in [5.74, 6) is 0.267. The highest BCUT2D eigenvalue weighted by Crippen LogP contribution is 2.35. The molecule has 0 amide bonds. The fourth-order valence-electron chi connectivity index (χ4n) is 8.61. The van der Waals surface area contributed by atoms with Gasteiger partial charge in [0.25, 0.3) is 0 Å². The Morgan fingerprint density at radius 3 is 1.68 bits per heavy atom. The molecule has 13 heteroatoms. The molecule has 9 aromatic rings. The first-order chi connectivity index (χ1) is 36.3. The SMILES string of the molecule is CC.CCC(OCc1ccccc1)c1c(F)cnc2c1c(=O)cc(Nc1ccccc1)n2-c1ccccc1.CCC(Oc1ccccn1)c1c(F)cnc2c1c(=O)cc(Nc1ccccc1)n2C1=CC=CCC=C1. The molecule has 74 heavy (non-hydrogen) atoms. The highest BCUT2D eigenvalue weighted by molar-refractivity contribution is 5.88. The molecule has 2 N–H and O–H groups in total. The summed E-state index contributed by atoms with van der Waals surface area (Å²) in [4.78, 5) is 40.1. The molecule has 0 radical (unpaired) electrons. The summed E-state index contributed by atoms with van der Waals surface area (Å²) in [7, 11) is 0. The Morgan fingerprint density at radius 2 is 1.12 bits per heavy atom. The number of aromatic nitrogens is 5. The lowest BCUT2D eigenvalue weighted by Gasteiger charge is -2.22. The van der Waals surface area contributed by atoms with E-state index < -0.39 is 23.8 Å². The molecule has 0 bridgehead atoms. The molecule has 5 aromatic heterocycles. The lowest BCUT2D eigenvalue weighted by molar-refractivity contribution is 0.0358. The van der Waals surface area contributed by atoms with E-state index in [0.717, 1.165) is 40.9 Å². The van der Waals surface area contributed by atoms with E-state index in [9.17, 15) is 9.59 Å². The van der Waals surface area contributed by atoms with E-state index >= 15 is 8.78 Å². The second-order valence-corrected chi connectivity index (χ2v) is 16.7. The molecule has 374 valence electrons. The van der Waals surface area contributed by atoms with Gasteiger partial charge in [-0.25, -0.2) is 23.7 Å². The average molecular weight is 990 g/mol. The van der Waals surface area contributed by atoms with E-state index in [2.05, 4.69) is 25.6 Å². The van der Waals surface area contributed by atoms with Crippen LogP contribution in [0.25, 0.3) is 33.5 Å². The van der Waals surface area contributed by atoms with Gasteiger partial charge in [-0.05, 0) is 79.4 Å². The molecule has 2 atom stereocenters. The summed E-state index contributed by atoms with van der Waals surface area (Å²) in [6.07, 6.45) is 14.2. The summed E-state index contributed by atoms with van der Waals surface area (Å²) in [6, 6.07) is 46.7. The molecule has 0 spiro atoms. The maximum atomic E-state index is 15.4. The maximum Gasteiger partial charge on any atom is 0.213 e. The molecule has 0 fully saturated rings. The summed E-state index contributed by atoms with van der Waals surface area (Å²) in [5.41, 5.74) is 4.64. The van der Waals surface area contributed by atoms with Crippen LogP contribution >= 0.6 is 0 Å². The van der Waals surface area contributed by atoms with Gasteiger partial charge in [0, 0.05) is 58.3 Å². The molecule has 0 saturated heterocycles. The summed E-state index contributed by atoms with van der Waals surface area (Å²) in [5, 5.41) is 7.05. The Bertz CT molecular complexity index is 3520. The molecule has 1 aliphatic carbocycles. The van der Waals surface area contributed by atoms with E-state index in [0.29, 0.717) is 48.3 Å². The van der Waals surface area contributed by atoms with E-state index in [1.54, 1.807) is 24.4 Å². The maximum absolute atomic E-state index is 15.4. The lowest BCUT2D eigenvalue weighted by Crippen LogP contribution is -2.19. The number of halogens is 2. The first-order valence-corrected chi connectivity index (χ1v) is 24.8. The van der Waals surface area contributed by atoms with E-state index in [4.69, 9.17) is 9.47 Å². The number of fused-ring (bicyclic) bond motifs is 2. The zero-order valence-corrected chi connectivity index (χ0v) is 41.7. The van der Waals surface area contributed by atoms with Crippen molar-refractivity contribution in [3.63, 3.8) is 0 Å². The molecule has 1 aliphatic rings. The molecule has 0 saturated carbocycles. The van der Waals surface area contributed by atoms with Gasteiger partial charge in [-0.2, -0.15) is 0 Å². The van der Waals surface area contributed by atoms with Crippen LogP contribution in [0.3, 0.4) is 0 Å². The van der Waals surface area contributed by atoms with E-state index in [1.807, 2.05) is 189 Å². The zero-order chi connectivity index (χ0) is 51.8. The van der Waals surface area contributed by atoms with Crippen LogP contribution in [0.5, 0.6) is 5.88 Å². The summed E-state index contributed by atoms with van der Waals surface area (Å²) in [6.45, 7) is 8.11. The second-order valence-electron chi connectivity index (χ2n) is 16.7. The average Bonchev–Trinajstić information content (AvgIpc) is 3.73. The molecule has 0 aliphatic heterocycles. The first-order valence-electron chi connectivity index (χ1n) is 24.8. The van der Waals surface area contributed by atoms with Gasteiger partial charge in [-0.1, -0.05) is 137 Å². The minimum absolute atomic E-state index is 0.173. The summed E-state index contributed by atoms with van der Waals surface area (Å²) >= 11 is 0. The van der Waals surface area contributed by atoms with Gasteiger partial charge in [0.15, 0.2) is 22.2 Å². The molecular formula is C61H57F2N7O4. The quantitative estimate of drug-likeness (QED) is 0.103. The van der Waals surface area contributed by atoms with Crippen molar-refractivity contribution in [2.45, 2.75) is 65.8 Å². The van der Waals surface area contributed by atoms with Crippen LogP contribution in [-0.2, 0) is 11.3 Å². The number of hydrogen-bond acceptors (Lipinski definition) is 9. The van der Waals surface area contributed by atoms with Gasteiger partial charge in [-0.3, -0.25) is 18.7 Å². The predicted octanol–water partition coefficient (Wildman–Crippen LogP) is 14.5. The normalized spacial score (nSPS) is 12.6. The van der Waals surface area contributed by atoms with Crippen LogP contribution in [0, 0.1) is 11.6 Å². The molecule has 4 aromatic carbocycles. The van der Waals surface area contributed by atoms with Gasteiger partial charge in [0.2, 0.25) is 5.88 Å². The van der Waals surface area contributed by atoms with Crippen molar-refractivity contribution in [3.05, 3.63) is 249 Å². The van der Waals surface area contributed by atoms with Crippen molar-refractivity contribution >= 4 is 50.8 Å². The standard InChI is InChI=1S/C30H26FN3O2.C29H25FN4O2.C2H6/c1-2-26(36-20-21-12-6-3-7-13-21)28-24(31)19-32-30-29(28)25(35)18-27(33-22-14-8-4-9-15-22)34(30)23-16-10-5-11-17-23;1-2-24(36-26-16-10-11-17-31-26)27-22(30)19-32-29-28(27)23(35)18-25(33-20-12-6-5-7-13-20)34(29)21-14-8-3-4-9-15-21;1-2/h3-19,26,33H,2,20H2,1H3;3,5-19,24,33H,2,4H2,1H3;1-2H3. The van der Waals surface area contributed by atoms with Crippen molar-refractivity contribution in [1.82, 2.24) is 24.1 Å². The van der Waals surface area contributed by atoms with Gasteiger partial charge < -0.3 is 20.1 Å². The lowest BCUT2D eigenvalue weighted by atomic mass is 10.0. The number of allylic oxidation sites excluding steroid dienone is 6. The van der Waals surface area contributed by atoms with Crippen LogP contribution < -0.4 is 26.2 Å². The smallest absolute Gasteiger partial charge is 0.213 e. The number of nitrogens with one attached hydrogen (secondary N) is 2. The second kappa shape index (κ2) is 25.0. The zero-order valence-electron chi connectivity index (χ0n) is 41.7. The van der Waals surface area contributed by atoms with Gasteiger partial charge >= 0.3 is 0 Å². The Kier molecular flexibility index (Phi) is 17.4. The highest BCUT2D eigenvalue weighted by Gasteiger charge is 2.27. The van der Waals surface area contributed by atoms with Crippen molar-refractivity contribution in [2.75, 3.05) is 10.6 Å². The number of benzene rings is 4. The van der Waals surface area contributed by atoms with Crippen molar-refractivity contribution in [3.8, 4) is 11.6 Å². The van der Waals surface area contributed by atoms with Crippen molar-refractivity contribution in [1.29, 1.82) is 0 Å². The van der Waals surface area contributed by atoms with Crippen LogP contribution in [0.1, 0.15) is 75.9 Å². The fourth-order valence-corrected chi connectivity index (χ4v) is 8.61. The largest absolute Gasteiger partial charge is 0.469 e. The van der Waals surface area contributed by atoms with Gasteiger partial charge in [0.05, 0.1) is 35.9 Å². The fraction of sp³-hybridized carbons (Fsp3) is 0.164. The minimum Gasteiger partial charge on any atom is -0.469 e.